The minimum absolute atomic E-state index is 0. The quantitative estimate of drug-likeness (QED) is 0.612. The predicted octanol–water partition coefficient (Wildman–Crippen LogP) is 3.73. The number of hydrogen-bond donors (Lipinski definition) is 0. The normalized spacial score (nSPS) is 9.82. The van der Waals surface area contributed by atoms with Gasteiger partial charge in [0.2, 0.25) is 0 Å². The van der Waals surface area contributed by atoms with Gasteiger partial charge in [0.05, 0.1) is 0 Å². The van der Waals surface area contributed by atoms with Crippen LogP contribution in [0.2, 0.25) is 0 Å². The SMILES string of the molecule is C.C.CCC(C)(C)CCOC. The first-order valence-corrected chi connectivity index (χ1v) is 3.61. The number of ether oxygens (including phenoxy) is 1. The smallest absolute Gasteiger partial charge is 0.0467 e. The Hall–Kier alpha value is -0.0400. The Balaban J connectivity index is -0.000000320. The number of methoxy groups -OCH3 is 1. The summed E-state index contributed by atoms with van der Waals surface area (Å²) in [6, 6.07) is 0. The van der Waals surface area contributed by atoms with E-state index in [2.05, 4.69) is 20.8 Å². The summed E-state index contributed by atoms with van der Waals surface area (Å²) in [4.78, 5) is 0. The Morgan fingerprint density at radius 2 is 1.64 bits per heavy atom. The van der Waals surface area contributed by atoms with E-state index in [1.165, 1.54) is 12.8 Å². The zero-order valence-corrected chi connectivity index (χ0v) is 7.03. The molecule has 0 rings (SSSR count). The van der Waals surface area contributed by atoms with E-state index in [1.807, 2.05) is 0 Å². The van der Waals surface area contributed by atoms with E-state index in [0.29, 0.717) is 5.41 Å². The average Bonchev–Trinajstić information content (AvgIpc) is 1.84. The lowest BCUT2D eigenvalue weighted by atomic mass is 9.87. The lowest BCUT2D eigenvalue weighted by molar-refractivity contribution is 0.150. The monoisotopic (exact) mass is 162 g/mol. The van der Waals surface area contributed by atoms with E-state index in [-0.39, 0.29) is 14.9 Å². The maximum Gasteiger partial charge on any atom is 0.0467 e. The molecule has 0 unspecified atom stereocenters. The van der Waals surface area contributed by atoms with Crippen molar-refractivity contribution < 1.29 is 4.74 Å². The standard InChI is InChI=1S/C8H18O.2CH4/c1-5-8(2,3)6-7-9-4;;/h5-7H2,1-4H3;2*1H4. The Bertz CT molecular complexity index is 67.3. The van der Waals surface area contributed by atoms with Crippen molar-refractivity contribution in [2.24, 2.45) is 5.41 Å². The highest BCUT2D eigenvalue weighted by molar-refractivity contribution is 4.64. The van der Waals surface area contributed by atoms with Gasteiger partial charge in [-0.25, -0.2) is 0 Å². The molecular formula is C10H26O. The Kier molecular flexibility index (Phi) is 12.6. The first-order valence-electron chi connectivity index (χ1n) is 3.61. The lowest BCUT2D eigenvalue weighted by Crippen LogP contribution is -2.12. The van der Waals surface area contributed by atoms with Gasteiger partial charge in [0, 0.05) is 13.7 Å². The molecule has 0 N–H and O–H groups in total. The van der Waals surface area contributed by atoms with Crippen molar-refractivity contribution in [3.8, 4) is 0 Å². The molecule has 1 heteroatoms. The second-order valence-corrected chi connectivity index (χ2v) is 3.26. The van der Waals surface area contributed by atoms with Gasteiger partial charge in [-0.2, -0.15) is 0 Å². The Morgan fingerprint density at radius 3 is 1.91 bits per heavy atom. The topological polar surface area (TPSA) is 9.23 Å². The van der Waals surface area contributed by atoms with E-state index in [1.54, 1.807) is 7.11 Å². The second kappa shape index (κ2) is 8.06. The summed E-state index contributed by atoms with van der Waals surface area (Å²) in [7, 11) is 1.76. The maximum atomic E-state index is 4.98. The molecule has 0 spiro atoms. The fraction of sp³-hybridized carbons (Fsp3) is 1.00. The molecule has 0 aliphatic rings. The van der Waals surface area contributed by atoms with Crippen LogP contribution in [0.1, 0.15) is 48.5 Å². The van der Waals surface area contributed by atoms with Crippen LogP contribution >= 0.6 is 0 Å². The summed E-state index contributed by atoms with van der Waals surface area (Å²) in [5.41, 5.74) is 0.468. The molecule has 0 aliphatic heterocycles. The van der Waals surface area contributed by atoms with Gasteiger partial charge in [-0.15, -0.1) is 0 Å². The number of hydrogen-bond acceptors (Lipinski definition) is 1. The molecule has 0 amide bonds. The van der Waals surface area contributed by atoms with E-state index in [9.17, 15) is 0 Å². The molecule has 0 aromatic rings. The van der Waals surface area contributed by atoms with Crippen molar-refractivity contribution >= 4 is 0 Å². The minimum Gasteiger partial charge on any atom is -0.385 e. The van der Waals surface area contributed by atoms with E-state index in [4.69, 9.17) is 4.74 Å². The van der Waals surface area contributed by atoms with Crippen molar-refractivity contribution in [3.63, 3.8) is 0 Å². The molecule has 0 fully saturated rings. The Labute approximate surface area is 73.1 Å². The van der Waals surface area contributed by atoms with Crippen LogP contribution in [0.15, 0.2) is 0 Å². The van der Waals surface area contributed by atoms with Crippen molar-refractivity contribution in [2.45, 2.75) is 48.5 Å². The van der Waals surface area contributed by atoms with Crippen LogP contribution in [0.25, 0.3) is 0 Å². The molecule has 0 heterocycles. The number of rotatable bonds is 4. The minimum atomic E-state index is 0. The highest BCUT2D eigenvalue weighted by Crippen LogP contribution is 2.23. The van der Waals surface area contributed by atoms with Crippen LogP contribution in [-0.4, -0.2) is 13.7 Å². The summed E-state index contributed by atoms with van der Waals surface area (Å²) in [6.07, 6.45) is 2.40. The van der Waals surface area contributed by atoms with E-state index in [0.717, 1.165) is 6.61 Å². The van der Waals surface area contributed by atoms with Crippen LogP contribution in [0.5, 0.6) is 0 Å². The summed E-state index contributed by atoms with van der Waals surface area (Å²) >= 11 is 0. The summed E-state index contributed by atoms with van der Waals surface area (Å²) in [6.45, 7) is 7.65. The van der Waals surface area contributed by atoms with Crippen LogP contribution in [0, 0.1) is 5.41 Å². The molecule has 0 aromatic heterocycles. The zero-order chi connectivity index (χ0) is 7.33. The molecule has 0 radical (unpaired) electrons. The van der Waals surface area contributed by atoms with Gasteiger partial charge in [-0.05, 0) is 11.8 Å². The van der Waals surface area contributed by atoms with E-state index >= 15 is 0 Å². The van der Waals surface area contributed by atoms with Crippen LogP contribution in [0.4, 0.5) is 0 Å². The third-order valence-corrected chi connectivity index (χ3v) is 1.94. The van der Waals surface area contributed by atoms with Gasteiger partial charge < -0.3 is 4.74 Å². The maximum absolute atomic E-state index is 4.98. The molecule has 0 aromatic carbocycles. The second-order valence-electron chi connectivity index (χ2n) is 3.26. The average molecular weight is 162 g/mol. The first kappa shape index (κ1) is 17.2. The van der Waals surface area contributed by atoms with Gasteiger partial charge >= 0.3 is 0 Å². The van der Waals surface area contributed by atoms with Crippen molar-refractivity contribution in [1.82, 2.24) is 0 Å². The van der Waals surface area contributed by atoms with Gasteiger partial charge in [-0.1, -0.05) is 42.0 Å². The van der Waals surface area contributed by atoms with Crippen molar-refractivity contribution in [2.75, 3.05) is 13.7 Å². The third-order valence-electron chi connectivity index (χ3n) is 1.94. The molecule has 0 atom stereocenters. The molecule has 0 saturated carbocycles. The van der Waals surface area contributed by atoms with Gasteiger partial charge in [0.1, 0.15) is 0 Å². The highest BCUT2D eigenvalue weighted by atomic mass is 16.5. The third kappa shape index (κ3) is 9.96. The molecular weight excluding hydrogens is 136 g/mol. The highest BCUT2D eigenvalue weighted by Gasteiger charge is 2.13. The van der Waals surface area contributed by atoms with Gasteiger partial charge in [0.25, 0.3) is 0 Å². The fourth-order valence-corrected chi connectivity index (χ4v) is 0.555. The fourth-order valence-electron chi connectivity index (χ4n) is 0.555. The van der Waals surface area contributed by atoms with E-state index < -0.39 is 0 Å². The van der Waals surface area contributed by atoms with Crippen molar-refractivity contribution in [1.29, 1.82) is 0 Å². The largest absolute Gasteiger partial charge is 0.385 e. The molecule has 72 valence electrons. The van der Waals surface area contributed by atoms with Crippen LogP contribution in [0.3, 0.4) is 0 Å². The lowest BCUT2D eigenvalue weighted by Gasteiger charge is -2.21. The molecule has 0 bridgehead atoms. The molecule has 11 heavy (non-hydrogen) atoms. The van der Waals surface area contributed by atoms with Gasteiger partial charge in [-0.3, -0.25) is 0 Å². The molecule has 1 nitrogen and oxygen atoms in total. The summed E-state index contributed by atoms with van der Waals surface area (Å²) in [5.74, 6) is 0. The zero-order valence-electron chi connectivity index (χ0n) is 7.03. The van der Waals surface area contributed by atoms with Crippen molar-refractivity contribution in [3.05, 3.63) is 0 Å². The summed E-state index contributed by atoms with van der Waals surface area (Å²) in [5, 5.41) is 0. The van der Waals surface area contributed by atoms with Gasteiger partial charge in [0.15, 0.2) is 0 Å². The first-order chi connectivity index (χ1) is 4.12. The van der Waals surface area contributed by atoms with Crippen LogP contribution < -0.4 is 0 Å². The van der Waals surface area contributed by atoms with Crippen LogP contribution in [-0.2, 0) is 4.74 Å². The summed E-state index contributed by atoms with van der Waals surface area (Å²) < 4.78 is 4.98. The molecule has 0 aliphatic carbocycles. The Morgan fingerprint density at radius 1 is 1.18 bits per heavy atom. The molecule has 0 saturated heterocycles. The predicted molar refractivity (Wildman–Crippen MR) is 54.0 cm³/mol.